The van der Waals surface area contributed by atoms with Crippen molar-refractivity contribution in [2.75, 3.05) is 0 Å². The molecule has 2 aromatic rings. The van der Waals surface area contributed by atoms with Gasteiger partial charge in [0.15, 0.2) is 0 Å². The van der Waals surface area contributed by atoms with Crippen molar-refractivity contribution >= 4 is 5.97 Å². The quantitative estimate of drug-likeness (QED) is 0.886. The second kappa shape index (κ2) is 3.93. The first-order chi connectivity index (χ1) is 8.01. The van der Waals surface area contributed by atoms with Crippen molar-refractivity contribution in [2.45, 2.75) is 5.92 Å². The van der Waals surface area contributed by atoms with Gasteiger partial charge in [0.1, 0.15) is 0 Å². The standard InChI is InChI=1S/C10H6F2N2O3/c11-10(12,6-4-2-1-3-5-6)9-14-13-7(17-9)8(15)16/h1-5H,(H,15,16). The molecular formula is C10H6F2N2O3. The van der Waals surface area contributed by atoms with E-state index in [0.717, 1.165) is 0 Å². The highest BCUT2D eigenvalue weighted by Crippen LogP contribution is 2.34. The van der Waals surface area contributed by atoms with Crippen molar-refractivity contribution in [3.05, 3.63) is 47.7 Å². The van der Waals surface area contributed by atoms with E-state index in [4.69, 9.17) is 5.11 Å². The van der Waals surface area contributed by atoms with E-state index in [1.54, 1.807) is 6.07 Å². The van der Waals surface area contributed by atoms with Gasteiger partial charge in [-0.15, -0.1) is 10.2 Å². The fraction of sp³-hybridized carbons (Fsp3) is 0.100. The fourth-order valence-corrected chi connectivity index (χ4v) is 1.21. The Labute approximate surface area is 93.7 Å². The number of carboxylic acid groups (broad SMARTS) is 1. The van der Waals surface area contributed by atoms with E-state index in [1.807, 2.05) is 0 Å². The molecule has 2 rings (SSSR count). The zero-order valence-electron chi connectivity index (χ0n) is 8.30. The summed E-state index contributed by atoms with van der Waals surface area (Å²) < 4.78 is 31.9. The zero-order chi connectivity index (χ0) is 12.5. The highest BCUT2D eigenvalue weighted by atomic mass is 19.3. The van der Waals surface area contributed by atoms with E-state index < -0.39 is 23.7 Å². The van der Waals surface area contributed by atoms with E-state index in [2.05, 4.69) is 14.6 Å². The summed E-state index contributed by atoms with van der Waals surface area (Å²) in [5, 5.41) is 14.5. The second-order valence-electron chi connectivity index (χ2n) is 3.16. The summed E-state index contributed by atoms with van der Waals surface area (Å²) in [6, 6.07) is 6.81. The number of hydrogen-bond donors (Lipinski definition) is 1. The monoisotopic (exact) mass is 240 g/mol. The highest BCUT2D eigenvalue weighted by Gasteiger charge is 2.40. The van der Waals surface area contributed by atoms with Gasteiger partial charge in [-0.2, -0.15) is 8.78 Å². The molecule has 0 unspecified atom stereocenters. The Morgan fingerprint density at radius 1 is 1.24 bits per heavy atom. The predicted molar refractivity (Wildman–Crippen MR) is 50.7 cm³/mol. The second-order valence-corrected chi connectivity index (χ2v) is 3.16. The first-order valence-corrected chi connectivity index (χ1v) is 4.52. The van der Waals surface area contributed by atoms with Crippen molar-refractivity contribution in [1.82, 2.24) is 10.2 Å². The minimum atomic E-state index is -3.51. The summed E-state index contributed by atoms with van der Waals surface area (Å²) in [7, 11) is 0. The smallest absolute Gasteiger partial charge is 0.393 e. The zero-order valence-corrected chi connectivity index (χ0v) is 8.30. The average Bonchev–Trinajstić information content (AvgIpc) is 2.80. The molecule has 1 aromatic carbocycles. The minimum Gasteiger partial charge on any atom is -0.474 e. The van der Waals surface area contributed by atoms with E-state index in [1.165, 1.54) is 24.3 Å². The summed E-state index contributed by atoms with van der Waals surface area (Å²) in [5.74, 6) is -6.97. The summed E-state index contributed by atoms with van der Waals surface area (Å²) in [4.78, 5) is 10.4. The van der Waals surface area contributed by atoms with Gasteiger partial charge in [0, 0.05) is 5.56 Å². The van der Waals surface area contributed by atoms with Gasteiger partial charge in [0.05, 0.1) is 0 Å². The normalized spacial score (nSPS) is 11.4. The van der Waals surface area contributed by atoms with Crippen LogP contribution in [0.4, 0.5) is 8.78 Å². The molecule has 1 aromatic heterocycles. The van der Waals surface area contributed by atoms with Crippen LogP contribution in [0.5, 0.6) is 0 Å². The Morgan fingerprint density at radius 2 is 1.88 bits per heavy atom. The molecule has 88 valence electrons. The first-order valence-electron chi connectivity index (χ1n) is 4.52. The van der Waals surface area contributed by atoms with Crippen LogP contribution < -0.4 is 0 Å². The van der Waals surface area contributed by atoms with Crippen LogP contribution in [0.3, 0.4) is 0 Å². The van der Waals surface area contributed by atoms with Gasteiger partial charge in [-0.3, -0.25) is 0 Å². The molecule has 0 bridgehead atoms. The Morgan fingerprint density at radius 3 is 2.41 bits per heavy atom. The van der Waals surface area contributed by atoms with Crippen LogP contribution in [0.2, 0.25) is 0 Å². The Balaban J connectivity index is 2.41. The highest BCUT2D eigenvalue weighted by molar-refractivity contribution is 5.81. The molecule has 5 nitrogen and oxygen atoms in total. The van der Waals surface area contributed by atoms with Crippen LogP contribution >= 0.6 is 0 Å². The van der Waals surface area contributed by atoms with Crippen LogP contribution in [0, 0.1) is 0 Å². The lowest BCUT2D eigenvalue weighted by Gasteiger charge is -2.11. The van der Waals surface area contributed by atoms with Crippen LogP contribution in [0.15, 0.2) is 34.7 Å². The minimum absolute atomic E-state index is 0.347. The van der Waals surface area contributed by atoms with Gasteiger partial charge in [0.25, 0.3) is 5.89 Å². The number of alkyl halides is 2. The van der Waals surface area contributed by atoms with Crippen molar-refractivity contribution in [2.24, 2.45) is 0 Å². The van der Waals surface area contributed by atoms with Crippen molar-refractivity contribution in [1.29, 1.82) is 0 Å². The number of carbonyl (C=O) groups is 1. The summed E-state index contributed by atoms with van der Waals surface area (Å²) in [5.41, 5.74) is -0.347. The maximum Gasteiger partial charge on any atom is 0.393 e. The third-order valence-electron chi connectivity index (χ3n) is 2.01. The largest absolute Gasteiger partial charge is 0.474 e. The Kier molecular flexibility index (Phi) is 2.58. The molecule has 17 heavy (non-hydrogen) atoms. The predicted octanol–water partition coefficient (Wildman–Crippen LogP) is 1.91. The molecule has 0 fully saturated rings. The SMILES string of the molecule is O=C(O)c1nnc(C(F)(F)c2ccccc2)o1. The number of hydrogen-bond acceptors (Lipinski definition) is 4. The third kappa shape index (κ3) is 1.99. The molecular weight excluding hydrogens is 234 g/mol. The Hall–Kier alpha value is -2.31. The lowest BCUT2D eigenvalue weighted by Crippen LogP contribution is -2.15. The number of aromatic carboxylic acids is 1. The number of aromatic nitrogens is 2. The summed E-state index contributed by atoms with van der Waals surface area (Å²) >= 11 is 0. The van der Waals surface area contributed by atoms with Gasteiger partial charge in [-0.1, -0.05) is 30.3 Å². The lowest BCUT2D eigenvalue weighted by molar-refractivity contribution is 0.0114. The molecule has 0 saturated carbocycles. The van der Waals surface area contributed by atoms with Gasteiger partial charge in [-0.05, 0) is 0 Å². The van der Waals surface area contributed by atoms with Crippen LogP contribution in [-0.2, 0) is 5.92 Å². The molecule has 7 heteroatoms. The average molecular weight is 240 g/mol. The fourth-order valence-electron chi connectivity index (χ4n) is 1.21. The van der Waals surface area contributed by atoms with Gasteiger partial charge >= 0.3 is 17.8 Å². The number of nitrogens with zero attached hydrogens (tertiary/aromatic N) is 2. The molecule has 0 aliphatic carbocycles. The van der Waals surface area contributed by atoms with E-state index >= 15 is 0 Å². The number of benzene rings is 1. The van der Waals surface area contributed by atoms with Gasteiger partial charge in [-0.25, -0.2) is 4.79 Å². The summed E-state index contributed by atoms with van der Waals surface area (Å²) in [6.45, 7) is 0. The first kappa shape index (κ1) is 11.2. The molecule has 0 aliphatic heterocycles. The van der Waals surface area contributed by atoms with Crippen LogP contribution in [0.25, 0.3) is 0 Å². The van der Waals surface area contributed by atoms with Gasteiger partial charge in [0.2, 0.25) is 0 Å². The van der Waals surface area contributed by atoms with Crippen molar-refractivity contribution in [3.8, 4) is 0 Å². The molecule has 1 heterocycles. The Bertz CT molecular complexity index is 539. The summed E-state index contributed by atoms with van der Waals surface area (Å²) in [6.07, 6.45) is 0. The molecule has 0 amide bonds. The molecule has 0 aliphatic rings. The topological polar surface area (TPSA) is 76.2 Å². The van der Waals surface area contributed by atoms with Crippen LogP contribution in [-0.4, -0.2) is 21.3 Å². The van der Waals surface area contributed by atoms with E-state index in [9.17, 15) is 13.6 Å². The van der Waals surface area contributed by atoms with E-state index in [0.29, 0.717) is 0 Å². The molecule has 0 radical (unpaired) electrons. The number of halogens is 2. The van der Waals surface area contributed by atoms with Crippen LogP contribution in [0.1, 0.15) is 22.1 Å². The lowest BCUT2D eigenvalue weighted by atomic mass is 10.1. The molecule has 0 saturated heterocycles. The third-order valence-corrected chi connectivity index (χ3v) is 2.01. The number of carboxylic acids is 1. The van der Waals surface area contributed by atoms with Crippen molar-refractivity contribution < 1.29 is 23.1 Å². The molecule has 0 atom stereocenters. The molecule has 0 spiro atoms. The molecule has 1 N–H and O–H groups in total. The number of rotatable bonds is 3. The van der Waals surface area contributed by atoms with E-state index in [-0.39, 0.29) is 5.56 Å². The maximum atomic E-state index is 13.8. The van der Waals surface area contributed by atoms with Crippen molar-refractivity contribution in [3.63, 3.8) is 0 Å². The van der Waals surface area contributed by atoms with Gasteiger partial charge < -0.3 is 9.52 Å². The maximum absolute atomic E-state index is 13.8.